The predicted molar refractivity (Wildman–Crippen MR) is 92.2 cm³/mol. The third-order valence-corrected chi connectivity index (χ3v) is 4.84. The number of rotatable bonds is 6. The first-order valence-corrected chi connectivity index (χ1v) is 8.31. The van der Waals surface area contributed by atoms with Crippen molar-refractivity contribution in [1.29, 1.82) is 0 Å². The predicted octanol–water partition coefficient (Wildman–Crippen LogP) is 2.09. The van der Waals surface area contributed by atoms with Gasteiger partial charge in [-0.15, -0.1) is 23.2 Å². The van der Waals surface area contributed by atoms with Crippen LogP contribution >= 0.6 is 23.2 Å². The molecule has 0 bridgehead atoms. The molecule has 24 heavy (non-hydrogen) atoms. The van der Waals surface area contributed by atoms with Gasteiger partial charge in [-0.25, -0.2) is 4.98 Å². The summed E-state index contributed by atoms with van der Waals surface area (Å²) in [6, 6.07) is 7.06. The molecule has 1 aromatic heterocycles. The lowest BCUT2D eigenvalue weighted by Crippen LogP contribution is -2.36. The van der Waals surface area contributed by atoms with E-state index in [1.54, 1.807) is 30.2 Å². The number of carbonyl (C=O) groups excluding carboxylic acids is 1. The van der Waals surface area contributed by atoms with Crippen LogP contribution in [0.1, 0.15) is 12.2 Å². The highest BCUT2D eigenvalue weighted by atomic mass is 35.5. The number of methoxy groups -OCH3 is 1. The third kappa shape index (κ3) is 3.55. The van der Waals surface area contributed by atoms with Gasteiger partial charge in [0.25, 0.3) is 5.56 Å². The van der Waals surface area contributed by atoms with Crippen molar-refractivity contribution in [3.63, 3.8) is 0 Å². The maximum Gasteiger partial charge on any atom is 0.258 e. The van der Waals surface area contributed by atoms with Gasteiger partial charge in [0, 0.05) is 13.7 Å². The number of hydrogen-bond acceptors (Lipinski definition) is 4. The van der Waals surface area contributed by atoms with Crippen LogP contribution in [0.25, 0.3) is 10.9 Å². The molecule has 3 rings (SSSR count). The van der Waals surface area contributed by atoms with Crippen molar-refractivity contribution in [2.24, 2.45) is 5.92 Å². The second-order valence-corrected chi connectivity index (χ2v) is 7.34. The summed E-state index contributed by atoms with van der Waals surface area (Å²) in [5, 5.41) is 0.513. The summed E-state index contributed by atoms with van der Waals surface area (Å²) in [4.78, 5) is 33.4. The Hall–Kier alpha value is -1.63. The van der Waals surface area contributed by atoms with Gasteiger partial charge < -0.3 is 14.6 Å². The van der Waals surface area contributed by atoms with E-state index in [1.807, 2.05) is 6.07 Å². The standard InChI is InChI=1S/C16H17Cl2N3O3/c1-24-7-6-21(15(23)11-8-16(11,17)18)9-13-19-12-5-3-2-4-10(12)14(22)20-13/h2-5,11H,6-9H2,1H3,(H,19,20,22). The number of para-hydroxylation sites is 1. The maximum absolute atomic E-state index is 12.6. The molecule has 6 nitrogen and oxygen atoms in total. The highest BCUT2D eigenvalue weighted by molar-refractivity contribution is 6.52. The number of benzene rings is 1. The van der Waals surface area contributed by atoms with E-state index >= 15 is 0 Å². The number of carbonyl (C=O) groups is 1. The Morgan fingerprint density at radius 3 is 2.83 bits per heavy atom. The van der Waals surface area contributed by atoms with E-state index in [9.17, 15) is 9.59 Å². The zero-order valence-corrected chi connectivity index (χ0v) is 14.6. The molecule has 0 radical (unpaired) electrons. The largest absolute Gasteiger partial charge is 0.383 e. The van der Waals surface area contributed by atoms with E-state index in [0.29, 0.717) is 36.3 Å². The van der Waals surface area contributed by atoms with Crippen LogP contribution in [0.5, 0.6) is 0 Å². The zero-order chi connectivity index (χ0) is 17.3. The molecule has 0 spiro atoms. The highest BCUT2D eigenvalue weighted by Crippen LogP contribution is 2.53. The van der Waals surface area contributed by atoms with Gasteiger partial charge in [-0.05, 0) is 18.6 Å². The van der Waals surface area contributed by atoms with Crippen molar-refractivity contribution in [1.82, 2.24) is 14.9 Å². The minimum Gasteiger partial charge on any atom is -0.383 e. The number of ether oxygens (including phenoxy) is 1. The summed E-state index contributed by atoms with van der Waals surface area (Å²) < 4.78 is 4.06. The van der Waals surface area contributed by atoms with Gasteiger partial charge in [-0.1, -0.05) is 12.1 Å². The van der Waals surface area contributed by atoms with E-state index in [1.165, 1.54) is 0 Å². The van der Waals surface area contributed by atoms with Crippen LogP contribution in [-0.2, 0) is 16.1 Å². The molecule has 1 aromatic carbocycles. The molecule has 1 heterocycles. The van der Waals surface area contributed by atoms with Crippen molar-refractivity contribution in [2.45, 2.75) is 17.3 Å². The first kappa shape index (κ1) is 17.2. The van der Waals surface area contributed by atoms with Crippen LogP contribution in [-0.4, -0.2) is 45.4 Å². The van der Waals surface area contributed by atoms with Gasteiger partial charge in [-0.3, -0.25) is 9.59 Å². The molecule has 128 valence electrons. The minimum atomic E-state index is -0.993. The number of alkyl halides is 2. The maximum atomic E-state index is 12.6. The summed E-state index contributed by atoms with van der Waals surface area (Å²) in [5.41, 5.74) is 0.357. The number of nitrogens with zero attached hydrogens (tertiary/aromatic N) is 2. The van der Waals surface area contributed by atoms with Crippen molar-refractivity contribution >= 4 is 40.0 Å². The lowest BCUT2D eigenvalue weighted by molar-refractivity contribution is -0.134. The fourth-order valence-electron chi connectivity index (χ4n) is 2.56. The van der Waals surface area contributed by atoms with Gasteiger partial charge in [0.05, 0.1) is 30.0 Å². The van der Waals surface area contributed by atoms with Crippen LogP contribution in [0, 0.1) is 5.92 Å². The fraction of sp³-hybridized carbons (Fsp3) is 0.438. The van der Waals surface area contributed by atoms with Crippen molar-refractivity contribution in [2.75, 3.05) is 20.3 Å². The highest BCUT2D eigenvalue weighted by Gasteiger charge is 2.57. The first-order chi connectivity index (χ1) is 11.4. The summed E-state index contributed by atoms with van der Waals surface area (Å²) >= 11 is 12.0. The van der Waals surface area contributed by atoms with Crippen molar-refractivity contribution < 1.29 is 9.53 Å². The number of hydrogen-bond donors (Lipinski definition) is 1. The number of aromatic nitrogens is 2. The molecular formula is C16H17Cl2N3O3. The lowest BCUT2D eigenvalue weighted by atomic mass is 10.2. The normalized spacial score (nSPS) is 18.5. The SMILES string of the molecule is COCCN(Cc1nc2ccccc2c(=O)[nH]1)C(=O)C1CC1(Cl)Cl. The quantitative estimate of drug-likeness (QED) is 0.791. The Kier molecular flexibility index (Phi) is 4.80. The fourth-order valence-corrected chi connectivity index (χ4v) is 3.06. The molecule has 1 aliphatic carbocycles. The first-order valence-electron chi connectivity index (χ1n) is 7.56. The summed E-state index contributed by atoms with van der Waals surface area (Å²) in [5.74, 6) is -0.170. The molecule has 2 aromatic rings. The van der Waals surface area contributed by atoms with E-state index in [0.717, 1.165) is 0 Å². The summed E-state index contributed by atoms with van der Waals surface area (Å²) in [7, 11) is 1.56. The van der Waals surface area contributed by atoms with E-state index in [2.05, 4.69) is 9.97 Å². The Labute approximate surface area is 148 Å². The van der Waals surface area contributed by atoms with Crippen LogP contribution < -0.4 is 5.56 Å². The molecule has 1 unspecified atom stereocenters. The number of amides is 1. The molecule has 0 saturated heterocycles. The van der Waals surface area contributed by atoms with Crippen LogP contribution in [0.4, 0.5) is 0 Å². The third-order valence-electron chi connectivity index (χ3n) is 4.00. The molecule has 1 amide bonds. The Bertz CT molecular complexity index is 822. The Balaban J connectivity index is 1.84. The van der Waals surface area contributed by atoms with Crippen molar-refractivity contribution in [3.05, 3.63) is 40.4 Å². The molecular weight excluding hydrogens is 353 g/mol. The number of H-pyrrole nitrogens is 1. The second-order valence-electron chi connectivity index (χ2n) is 5.80. The lowest BCUT2D eigenvalue weighted by Gasteiger charge is -2.22. The summed E-state index contributed by atoms with van der Waals surface area (Å²) in [6.45, 7) is 0.905. The van der Waals surface area contributed by atoms with Crippen LogP contribution in [0.3, 0.4) is 0 Å². The monoisotopic (exact) mass is 369 g/mol. The summed E-state index contributed by atoms with van der Waals surface area (Å²) in [6.07, 6.45) is 0.431. The zero-order valence-electron chi connectivity index (χ0n) is 13.1. The average molecular weight is 370 g/mol. The molecule has 1 saturated carbocycles. The van der Waals surface area contributed by atoms with Gasteiger partial charge in [0.2, 0.25) is 5.91 Å². The van der Waals surface area contributed by atoms with Gasteiger partial charge in [-0.2, -0.15) is 0 Å². The number of aromatic amines is 1. The van der Waals surface area contributed by atoms with Gasteiger partial charge in [0.15, 0.2) is 0 Å². The average Bonchev–Trinajstić information content (AvgIpc) is 3.19. The Morgan fingerprint density at radius 2 is 2.17 bits per heavy atom. The minimum absolute atomic E-state index is 0.159. The molecule has 0 aliphatic heterocycles. The van der Waals surface area contributed by atoms with Gasteiger partial charge in [0.1, 0.15) is 10.2 Å². The van der Waals surface area contributed by atoms with Crippen molar-refractivity contribution in [3.8, 4) is 0 Å². The van der Waals surface area contributed by atoms with E-state index in [4.69, 9.17) is 27.9 Å². The number of halogens is 2. The topological polar surface area (TPSA) is 75.3 Å². The molecule has 1 N–H and O–H groups in total. The molecule has 1 atom stereocenters. The van der Waals surface area contributed by atoms with Crippen LogP contribution in [0.15, 0.2) is 29.1 Å². The molecule has 1 fully saturated rings. The van der Waals surface area contributed by atoms with Gasteiger partial charge >= 0.3 is 0 Å². The molecule has 1 aliphatic rings. The number of fused-ring (bicyclic) bond motifs is 1. The molecule has 8 heteroatoms. The Morgan fingerprint density at radius 1 is 1.46 bits per heavy atom. The van der Waals surface area contributed by atoms with E-state index < -0.39 is 10.3 Å². The number of nitrogens with one attached hydrogen (secondary N) is 1. The van der Waals surface area contributed by atoms with Crippen LogP contribution in [0.2, 0.25) is 0 Å². The second kappa shape index (κ2) is 6.70. The van der Waals surface area contributed by atoms with E-state index in [-0.39, 0.29) is 18.0 Å². The smallest absolute Gasteiger partial charge is 0.258 e.